The Bertz CT molecular complexity index is 1570. The molecule has 1 N–H and O–H groups in total. The van der Waals surface area contributed by atoms with Crippen molar-refractivity contribution in [2.75, 3.05) is 79.2 Å². The SMILES string of the molecule is O=C1c2ccccc2C(=O)c2c1ccc1[nH]c(-c3ccc(CN4CCOCCOCCOCCOCCOCC4)cc3)nc21. The number of nitrogens with one attached hydrogen (secondary N) is 1. The van der Waals surface area contributed by atoms with Gasteiger partial charge in [0.2, 0.25) is 0 Å². The summed E-state index contributed by atoms with van der Waals surface area (Å²) in [6, 6.07) is 18.7. The number of benzene rings is 3. The van der Waals surface area contributed by atoms with Crippen molar-refractivity contribution in [2.45, 2.75) is 6.54 Å². The smallest absolute Gasteiger partial charge is 0.196 e. The standard InChI is InChI=1S/C34H37N3O7/c38-32-26-3-1-2-4-27(26)33(39)30-28(32)9-10-29-31(30)36-34(35-29)25-7-5-24(6-8-25)23-37-11-13-40-15-17-42-19-21-44-22-20-43-18-16-41-14-12-37/h1-10H,11-23H2,(H,35,36). The van der Waals surface area contributed by atoms with Crippen LogP contribution in [0.25, 0.3) is 22.4 Å². The lowest BCUT2D eigenvalue weighted by molar-refractivity contribution is -0.0189. The Hall–Kier alpha value is -3.77. The monoisotopic (exact) mass is 599 g/mol. The first kappa shape index (κ1) is 30.3. The average molecular weight is 600 g/mol. The molecule has 6 rings (SSSR count). The number of aromatic amines is 1. The number of H-pyrrole nitrogens is 1. The van der Waals surface area contributed by atoms with Crippen molar-refractivity contribution in [1.82, 2.24) is 14.9 Å². The highest BCUT2D eigenvalue weighted by atomic mass is 16.6. The number of hydrogen-bond donors (Lipinski definition) is 1. The number of imidazole rings is 1. The molecule has 1 saturated heterocycles. The minimum atomic E-state index is -0.175. The van der Waals surface area contributed by atoms with Crippen molar-refractivity contribution in [3.63, 3.8) is 0 Å². The van der Waals surface area contributed by atoms with Crippen LogP contribution in [0.15, 0.2) is 60.7 Å². The lowest BCUT2D eigenvalue weighted by Crippen LogP contribution is -2.31. The second kappa shape index (κ2) is 14.8. The lowest BCUT2D eigenvalue weighted by atomic mass is 9.83. The molecule has 3 aromatic carbocycles. The van der Waals surface area contributed by atoms with E-state index in [1.165, 1.54) is 0 Å². The quantitative estimate of drug-likeness (QED) is 0.330. The van der Waals surface area contributed by atoms with Crippen LogP contribution in [0.5, 0.6) is 0 Å². The summed E-state index contributed by atoms with van der Waals surface area (Å²) < 4.78 is 28.2. The van der Waals surface area contributed by atoms with Gasteiger partial charge in [0, 0.05) is 41.9 Å². The number of fused-ring (bicyclic) bond motifs is 4. The second-order valence-electron chi connectivity index (χ2n) is 10.7. The van der Waals surface area contributed by atoms with Gasteiger partial charge in [-0.05, 0) is 17.7 Å². The maximum atomic E-state index is 13.4. The Morgan fingerprint density at radius 3 is 1.75 bits per heavy atom. The van der Waals surface area contributed by atoms with Gasteiger partial charge in [0.15, 0.2) is 11.6 Å². The van der Waals surface area contributed by atoms with E-state index < -0.39 is 0 Å². The third kappa shape index (κ3) is 7.13. The summed E-state index contributed by atoms with van der Waals surface area (Å²) in [4.78, 5) is 37.0. The first-order valence-corrected chi connectivity index (χ1v) is 15.1. The van der Waals surface area contributed by atoms with Crippen molar-refractivity contribution < 1.29 is 33.3 Å². The molecule has 2 heterocycles. The Balaban J connectivity index is 1.13. The summed E-state index contributed by atoms with van der Waals surface area (Å²) in [5, 5.41) is 0. The molecular formula is C34H37N3O7. The van der Waals surface area contributed by atoms with Crippen molar-refractivity contribution in [2.24, 2.45) is 0 Å². The molecule has 10 nitrogen and oxygen atoms in total. The molecule has 10 heteroatoms. The Morgan fingerprint density at radius 1 is 0.614 bits per heavy atom. The van der Waals surface area contributed by atoms with Crippen molar-refractivity contribution in [3.05, 3.63) is 88.5 Å². The van der Waals surface area contributed by atoms with Gasteiger partial charge in [0.05, 0.1) is 77.1 Å². The van der Waals surface area contributed by atoms with Gasteiger partial charge in [0.25, 0.3) is 0 Å². The van der Waals surface area contributed by atoms with Crippen LogP contribution < -0.4 is 0 Å². The zero-order chi connectivity index (χ0) is 30.1. The van der Waals surface area contributed by atoms with E-state index in [0.717, 1.165) is 36.3 Å². The van der Waals surface area contributed by atoms with Gasteiger partial charge < -0.3 is 28.7 Å². The molecule has 1 aliphatic heterocycles. The minimum absolute atomic E-state index is 0.150. The lowest BCUT2D eigenvalue weighted by Gasteiger charge is -2.22. The molecule has 4 aromatic rings. The molecule has 2 aliphatic rings. The molecule has 0 saturated carbocycles. The number of hydrogen-bond acceptors (Lipinski definition) is 9. The van der Waals surface area contributed by atoms with Gasteiger partial charge in [-0.2, -0.15) is 0 Å². The van der Waals surface area contributed by atoms with E-state index in [-0.39, 0.29) is 11.6 Å². The maximum Gasteiger partial charge on any atom is 0.196 e. The summed E-state index contributed by atoms with van der Waals surface area (Å²) in [6.45, 7) is 7.75. The number of carbonyl (C=O) groups is 2. The second-order valence-corrected chi connectivity index (χ2v) is 10.7. The third-order valence-corrected chi connectivity index (χ3v) is 7.77. The van der Waals surface area contributed by atoms with Gasteiger partial charge in [0.1, 0.15) is 11.3 Å². The van der Waals surface area contributed by atoms with Crippen molar-refractivity contribution in [3.8, 4) is 11.4 Å². The number of carbonyl (C=O) groups excluding carboxylic acids is 2. The van der Waals surface area contributed by atoms with Gasteiger partial charge in [-0.1, -0.05) is 48.5 Å². The summed E-state index contributed by atoms with van der Waals surface area (Å²) >= 11 is 0. The van der Waals surface area contributed by atoms with Crippen LogP contribution >= 0.6 is 0 Å². The van der Waals surface area contributed by atoms with E-state index in [1.807, 2.05) is 18.2 Å². The number of aromatic nitrogens is 2. The minimum Gasteiger partial charge on any atom is -0.378 e. The predicted octanol–water partition coefficient (Wildman–Crippen LogP) is 3.90. The molecule has 0 amide bonds. The van der Waals surface area contributed by atoms with Gasteiger partial charge in [-0.3, -0.25) is 14.5 Å². The molecule has 0 spiro atoms. The fourth-order valence-corrected chi connectivity index (χ4v) is 5.46. The molecule has 0 radical (unpaired) electrons. The first-order chi connectivity index (χ1) is 21.7. The molecule has 0 atom stereocenters. The highest BCUT2D eigenvalue weighted by molar-refractivity contribution is 6.31. The van der Waals surface area contributed by atoms with Gasteiger partial charge in [-0.25, -0.2) is 4.98 Å². The first-order valence-electron chi connectivity index (χ1n) is 15.1. The summed E-state index contributed by atoms with van der Waals surface area (Å²) in [5.41, 5.74) is 4.89. The van der Waals surface area contributed by atoms with E-state index in [2.05, 4.69) is 22.0 Å². The van der Waals surface area contributed by atoms with Crippen LogP contribution in [-0.4, -0.2) is 106 Å². The van der Waals surface area contributed by atoms with Gasteiger partial charge >= 0.3 is 0 Å². The van der Waals surface area contributed by atoms with Gasteiger partial charge in [-0.15, -0.1) is 0 Å². The molecule has 1 aromatic heterocycles. The van der Waals surface area contributed by atoms with Crippen molar-refractivity contribution in [1.29, 1.82) is 0 Å². The van der Waals surface area contributed by atoms with Crippen LogP contribution in [0.4, 0.5) is 0 Å². The van der Waals surface area contributed by atoms with E-state index in [0.29, 0.717) is 99.7 Å². The fourth-order valence-electron chi connectivity index (χ4n) is 5.46. The van der Waals surface area contributed by atoms with Crippen LogP contribution in [-0.2, 0) is 30.2 Å². The highest BCUT2D eigenvalue weighted by Crippen LogP contribution is 2.33. The van der Waals surface area contributed by atoms with E-state index in [1.54, 1.807) is 30.3 Å². The number of nitrogens with zero attached hydrogens (tertiary/aromatic N) is 2. The number of ether oxygens (including phenoxy) is 5. The van der Waals surface area contributed by atoms with Crippen LogP contribution in [0, 0.1) is 0 Å². The molecule has 44 heavy (non-hydrogen) atoms. The highest BCUT2D eigenvalue weighted by Gasteiger charge is 2.32. The topological polar surface area (TPSA) is 112 Å². The molecule has 0 bridgehead atoms. The number of rotatable bonds is 3. The molecular weight excluding hydrogens is 562 g/mol. The maximum absolute atomic E-state index is 13.4. The number of ketones is 2. The zero-order valence-corrected chi connectivity index (χ0v) is 24.7. The Kier molecular flexibility index (Phi) is 10.2. The largest absolute Gasteiger partial charge is 0.378 e. The fraction of sp³-hybridized carbons (Fsp3) is 0.382. The Labute approximate surface area is 256 Å². The third-order valence-electron chi connectivity index (χ3n) is 7.77. The summed E-state index contributed by atoms with van der Waals surface area (Å²) in [5.74, 6) is 0.322. The predicted molar refractivity (Wildman–Crippen MR) is 164 cm³/mol. The zero-order valence-electron chi connectivity index (χ0n) is 24.7. The van der Waals surface area contributed by atoms with E-state index in [9.17, 15) is 9.59 Å². The molecule has 1 aliphatic carbocycles. The molecule has 230 valence electrons. The Morgan fingerprint density at radius 2 is 1.16 bits per heavy atom. The normalized spacial score (nSPS) is 18.4. The summed E-state index contributed by atoms with van der Waals surface area (Å²) in [6.07, 6.45) is 0. The van der Waals surface area contributed by atoms with Crippen LogP contribution in [0.3, 0.4) is 0 Å². The van der Waals surface area contributed by atoms with Crippen LogP contribution in [0.1, 0.15) is 37.4 Å². The van der Waals surface area contributed by atoms with Crippen molar-refractivity contribution >= 4 is 22.6 Å². The van der Waals surface area contributed by atoms with Crippen LogP contribution in [0.2, 0.25) is 0 Å². The molecule has 0 unspecified atom stereocenters. The average Bonchev–Trinajstić information content (AvgIpc) is 3.49. The van der Waals surface area contributed by atoms with E-state index >= 15 is 0 Å². The molecule has 1 fully saturated rings. The van der Waals surface area contributed by atoms with E-state index in [4.69, 9.17) is 28.7 Å². The summed E-state index contributed by atoms with van der Waals surface area (Å²) in [7, 11) is 0.